The van der Waals surface area contributed by atoms with Gasteiger partial charge >= 0.3 is 12.1 Å². The van der Waals surface area contributed by atoms with E-state index in [4.69, 9.17) is 10.5 Å². The molecule has 1 aliphatic rings. The van der Waals surface area contributed by atoms with Gasteiger partial charge in [0.05, 0.1) is 13.2 Å². The van der Waals surface area contributed by atoms with Gasteiger partial charge < -0.3 is 20.3 Å². The second-order valence-corrected chi connectivity index (χ2v) is 5.26. The zero-order chi connectivity index (χ0) is 14.1. The summed E-state index contributed by atoms with van der Waals surface area (Å²) in [4.78, 5) is 24.6. The SMILES string of the molecule is COC(=O)[C@@H]1[C@@H](O)[C@H](N)CN1C(=O)OC(C)(C)C. The van der Waals surface area contributed by atoms with Crippen LogP contribution in [0.5, 0.6) is 0 Å². The number of esters is 1. The zero-order valence-corrected chi connectivity index (χ0v) is 11.0. The Morgan fingerprint density at radius 2 is 1.94 bits per heavy atom. The Labute approximate surface area is 106 Å². The van der Waals surface area contributed by atoms with Crippen LogP contribution in [-0.2, 0) is 14.3 Å². The third kappa shape index (κ3) is 3.11. The van der Waals surface area contributed by atoms with Crippen molar-refractivity contribution in [3.63, 3.8) is 0 Å². The molecule has 0 aliphatic carbocycles. The van der Waals surface area contributed by atoms with E-state index in [0.717, 1.165) is 4.90 Å². The van der Waals surface area contributed by atoms with Crippen molar-refractivity contribution >= 4 is 12.1 Å². The number of nitrogens with two attached hydrogens (primary N) is 1. The van der Waals surface area contributed by atoms with Crippen LogP contribution >= 0.6 is 0 Å². The number of amides is 1. The second kappa shape index (κ2) is 5.11. The van der Waals surface area contributed by atoms with Gasteiger partial charge in [-0.1, -0.05) is 0 Å². The van der Waals surface area contributed by atoms with Crippen LogP contribution in [0.15, 0.2) is 0 Å². The summed E-state index contributed by atoms with van der Waals surface area (Å²) in [7, 11) is 1.19. The maximum atomic E-state index is 11.9. The molecule has 0 aromatic carbocycles. The molecule has 3 atom stereocenters. The summed E-state index contributed by atoms with van der Waals surface area (Å²) in [6, 6.07) is -1.80. The first-order valence-electron chi connectivity index (χ1n) is 5.68. The summed E-state index contributed by atoms with van der Waals surface area (Å²) in [5.41, 5.74) is 4.96. The average molecular weight is 260 g/mol. The van der Waals surface area contributed by atoms with Gasteiger partial charge in [-0.25, -0.2) is 9.59 Å². The second-order valence-electron chi connectivity index (χ2n) is 5.26. The smallest absolute Gasteiger partial charge is 0.411 e. The maximum Gasteiger partial charge on any atom is 0.411 e. The number of ether oxygens (including phenoxy) is 2. The third-order valence-electron chi connectivity index (χ3n) is 2.58. The lowest BCUT2D eigenvalue weighted by atomic mass is 10.1. The van der Waals surface area contributed by atoms with Crippen LogP contribution in [0.4, 0.5) is 4.79 Å². The fraction of sp³-hybridized carbons (Fsp3) is 0.818. The zero-order valence-electron chi connectivity index (χ0n) is 11.0. The summed E-state index contributed by atoms with van der Waals surface area (Å²) < 4.78 is 9.72. The molecule has 1 amide bonds. The maximum absolute atomic E-state index is 11.9. The molecule has 0 spiro atoms. The van der Waals surface area contributed by atoms with Crippen LogP contribution < -0.4 is 5.73 Å². The lowest BCUT2D eigenvalue weighted by molar-refractivity contribution is -0.148. The topological polar surface area (TPSA) is 102 Å². The van der Waals surface area contributed by atoms with Crippen LogP contribution in [0.25, 0.3) is 0 Å². The van der Waals surface area contributed by atoms with Crippen LogP contribution in [0.3, 0.4) is 0 Å². The molecule has 7 nitrogen and oxygen atoms in total. The lowest BCUT2D eigenvalue weighted by Gasteiger charge is -2.27. The number of nitrogens with zero attached hydrogens (tertiary/aromatic N) is 1. The molecule has 1 rings (SSSR count). The normalized spacial score (nSPS) is 28.1. The highest BCUT2D eigenvalue weighted by Crippen LogP contribution is 2.21. The van der Waals surface area contributed by atoms with Crippen molar-refractivity contribution in [2.24, 2.45) is 5.73 Å². The van der Waals surface area contributed by atoms with Crippen molar-refractivity contribution in [2.45, 2.75) is 44.6 Å². The number of hydrogen-bond donors (Lipinski definition) is 2. The minimum atomic E-state index is -1.15. The molecule has 3 N–H and O–H groups in total. The minimum absolute atomic E-state index is 0.0514. The fourth-order valence-corrected chi connectivity index (χ4v) is 1.76. The Balaban J connectivity index is 2.86. The van der Waals surface area contributed by atoms with E-state index in [1.807, 2.05) is 0 Å². The molecule has 18 heavy (non-hydrogen) atoms. The first-order valence-corrected chi connectivity index (χ1v) is 5.68. The monoisotopic (exact) mass is 260 g/mol. The van der Waals surface area contributed by atoms with Gasteiger partial charge in [0.15, 0.2) is 6.04 Å². The minimum Gasteiger partial charge on any atom is -0.467 e. The van der Waals surface area contributed by atoms with Gasteiger partial charge in [-0.05, 0) is 20.8 Å². The van der Waals surface area contributed by atoms with E-state index in [2.05, 4.69) is 4.74 Å². The van der Waals surface area contributed by atoms with Gasteiger partial charge in [0.1, 0.15) is 11.7 Å². The molecular formula is C11H20N2O5. The highest BCUT2D eigenvalue weighted by Gasteiger charge is 2.47. The Kier molecular flexibility index (Phi) is 4.18. The molecule has 0 bridgehead atoms. The molecule has 1 heterocycles. The number of methoxy groups -OCH3 is 1. The summed E-state index contributed by atoms with van der Waals surface area (Å²) >= 11 is 0. The molecule has 0 radical (unpaired) electrons. The van der Waals surface area contributed by atoms with E-state index < -0.39 is 35.9 Å². The molecular weight excluding hydrogens is 240 g/mol. The van der Waals surface area contributed by atoms with Gasteiger partial charge in [0, 0.05) is 6.54 Å². The molecule has 0 aromatic rings. The van der Waals surface area contributed by atoms with Crippen LogP contribution in [0, 0.1) is 0 Å². The molecule has 0 unspecified atom stereocenters. The van der Waals surface area contributed by atoms with E-state index in [-0.39, 0.29) is 6.54 Å². The van der Waals surface area contributed by atoms with Gasteiger partial charge in [0.25, 0.3) is 0 Å². The number of hydrogen-bond acceptors (Lipinski definition) is 6. The Morgan fingerprint density at radius 3 is 2.39 bits per heavy atom. The quantitative estimate of drug-likeness (QED) is 0.614. The predicted molar refractivity (Wildman–Crippen MR) is 62.7 cm³/mol. The standard InChI is InChI=1S/C11H20N2O5/c1-11(2,3)18-10(16)13-5-6(12)8(14)7(13)9(15)17-4/h6-8,14H,5,12H2,1-4H3/t6-,7+,8+/m1/s1. The van der Waals surface area contributed by atoms with Gasteiger partial charge in [-0.3, -0.25) is 4.90 Å². The van der Waals surface area contributed by atoms with Crippen LogP contribution in [0.1, 0.15) is 20.8 Å². The summed E-state index contributed by atoms with van der Waals surface area (Å²) in [5, 5.41) is 9.80. The average Bonchev–Trinajstić information content (AvgIpc) is 2.52. The lowest BCUT2D eigenvalue weighted by Crippen LogP contribution is -2.47. The summed E-state index contributed by atoms with van der Waals surface area (Å²) in [5.74, 6) is -0.707. The van der Waals surface area contributed by atoms with E-state index in [0.29, 0.717) is 0 Å². The third-order valence-corrected chi connectivity index (χ3v) is 2.58. The Bertz CT molecular complexity index is 339. The van der Waals surface area contributed by atoms with Crippen LogP contribution in [-0.4, -0.2) is 59.5 Å². The fourth-order valence-electron chi connectivity index (χ4n) is 1.76. The first-order chi connectivity index (χ1) is 8.17. The van der Waals surface area contributed by atoms with E-state index >= 15 is 0 Å². The highest BCUT2D eigenvalue weighted by atomic mass is 16.6. The molecule has 0 saturated carbocycles. The molecule has 1 aliphatic heterocycles. The highest BCUT2D eigenvalue weighted by molar-refractivity contribution is 5.83. The van der Waals surface area contributed by atoms with Crippen molar-refractivity contribution in [1.29, 1.82) is 0 Å². The van der Waals surface area contributed by atoms with Crippen molar-refractivity contribution in [2.75, 3.05) is 13.7 Å². The summed E-state index contributed by atoms with van der Waals surface area (Å²) in [6.07, 6.45) is -1.84. The molecule has 1 saturated heterocycles. The first kappa shape index (κ1) is 14.7. The van der Waals surface area contributed by atoms with Crippen molar-refractivity contribution in [3.8, 4) is 0 Å². The number of aliphatic hydroxyl groups is 1. The number of likely N-dealkylation sites (tertiary alicyclic amines) is 1. The van der Waals surface area contributed by atoms with E-state index in [9.17, 15) is 14.7 Å². The summed E-state index contributed by atoms with van der Waals surface area (Å²) in [6.45, 7) is 5.19. The van der Waals surface area contributed by atoms with Crippen molar-refractivity contribution in [3.05, 3.63) is 0 Å². The number of carbonyl (C=O) groups is 2. The van der Waals surface area contributed by atoms with Gasteiger partial charge in [-0.2, -0.15) is 0 Å². The predicted octanol–water partition coefficient (Wildman–Crippen LogP) is -0.533. The molecule has 1 fully saturated rings. The van der Waals surface area contributed by atoms with Gasteiger partial charge in [-0.15, -0.1) is 0 Å². The largest absolute Gasteiger partial charge is 0.467 e. The molecule has 0 aromatic heterocycles. The molecule has 104 valence electrons. The Hall–Kier alpha value is -1.34. The van der Waals surface area contributed by atoms with E-state index in [1.165, 1.54) is 7.11 Å². The number of aliphatic hydroxyl groups excluding tert-OH is 1. The van der Waals surface area contributed by atoms with Gasteiger partial charge in [0.2, 0.25) is 0 Å². The number of carbonyl (C=O) groups excluding carboxylic acids is 2. The number of rotatable bonds is 1. The van der Waals surface area contributed by atoms with E-state index in [1.54, 1.807) is 20.8 Å². The van der Waals surface area contributed by atoms with Crippen molar-refractivity contribution < 1.29 is 24.2 Å². The van der Waals surface area contributed by atoms with Crippen LogP contribution in [0.2, 0.25) is 0 Å². The Morgan fingerprint density at radius 1 is 1.39 bits per heavy atom. The molecule has 7 heteroatoms. The van der Waals surface area contributed by atoms with Crippen molar-refractivity contribution in [1.82, 2.24) is 4.90 Å².